The van der Waals surface area contributed by atoms with Crippen molar-refractivity contribution in [3.63, 3.8) is 0 Å². The van der Waals surface area contributed by atoms with Gasteiger partial charge in [0.25, 0.3) is 0 Å². The number of rotatable bonds is 8. The highest BCUT2D eigenvalue weighted by atomic mass is 16.1. The van der Waals surface area contributed by atoms with E-state index in [0.29, 0.717) is 0 Å². The third-order valence-electron chi connectivity index (χ3n) is 5.80. The molecule has 0 saturated carbocycles. The van der Waals surface area contributed by atoms with E-state index in [2.05, 4.69) is 67.6 Å². The lowest BCUT2D eigenvalue weighted by atomic mass is 10.0. The Morgan fingerprint density at radius 1 is 0.917 bits per heavy atom. The summed E-state index contributed by atoms with van der Waals surface area (Å²) in [6.45, 7) is 18.1. The lowest BCUT2D eigenvalue weighted by Gasteiger charge is -2.17. The first-order chi connectivity index (χ1) is 17.0. The van der Waals surface area contributed by atoms with Crippen molar-refractivity contribution in [2.24, 2.45) is 0 Å². The Morgan fingerprint density at radius 2 is 1.44 bits per heavy atom. The molecule has 0 bridgehead atoms. The van der Waals surface area contributed by atoms with Gasteiger partial charge in [-0.25, -0.2) is 0 Å². The molecule has 0 spiro atoms. The minimum absolute atomic E-state index is 0. The fourth-order valence-corrected chi connectivity index (χ4v) is 3.81. The number of aromatic amines is 1. The number of hydrogen-bond acceptors (Lipinski definition) is 2. The molecule has 1 aliphatic rings. The maximum Gasteiger partial charge on any atom is 0.159 e. The molecular weight excluding hydrogens is 440 g/mol. The van der Waals surface area contributed by atoms with E-state index in [9.17, 15) is 4.79 Å². The summed E-state index contributed by atoms with van der Waals surface area (Å²) in [5.41, 5.74) is 5.71. The van der Waals surface area contributed by atoms with E-state index in [1.165, 1.54) is 60.2 Å². The van der Waals surface area contributed by atoms with Crippen LogP contribution < -0.4 is 0 Å². The van der Waals surface area contributed by atoms with Gasteiger partial charge >= 0.3 is 0 Å². The van der Waals surface area contributed by atoms with Crippen molar-refractivity contribution in [3.05, 3.63) is 70.9 Å². The van der Waals surface area contributed by atoms with Gasteiger partial charge in [-0.1, -0.05) is 84.5 Å². The van der Waals surface area contributed by atoms with Crippen LogP contribution in [0, 0.1) is 18.8 Å². The van der Waals surface area contributed by atoms with Crippen molar-refractivity contribution >= 4 is 16.7 Å². The average molecular weight is 491 g/mol. The van der Waals surface area contributed by atoms with Crippen LogP contribution in [0.5, 0.6) is 0 Å². The van der Waals surface area contributed by atoms with Crippen LogP contribution in [-0.2, 0) is 6.42 Å². The maximum atomic E-state index is 11.3. The topological polar surface area (TPSA) is 36.1 Å². The van der Waals surface area contributed by atoms with Gasteiger partial charge < -0.3 is 9.88 Å². The Labute approximate surface area is 221 Å². The second-order valence-electron chi connectivity index (χ2n) is 8.49. The zero-order chi connectivity index (χ0) is 26.1. The number of hydrogen-bond donors (Lipinski definition) is 1. The van der Waals surface area contributed by atoms with Crippen molar-refractivity contribution in [3.8, 4) is 11.8 Å². The van der Waals surface area contributed by atoms with Crippen LogP contribution >= 0.6 is 0 Å². The smallest absolute Gasteiger partial charge is 0.159 e. The number of Topliss-reactive ketones (excluding diaryl/α,β-unsaturated/α-hetero) is 1. The first-order valence-corrected chi connectivity index (χ1v) is 13.3. The molecule has 1 aliphatic carbocycles. The summed E-state index contributed by atoms with van der Waals surface area (Å²) in [4.78, 5) is 17.2. The molecule has 0 saturated heterocycles. The van der Waals surface area contributed by atoms with Crippen LogP contribution in [0.1, 0.15) is 102 Å². The number of nitrogens with zero attached hydrogens (tertiary/aromatic N) is 1. The molecule has 1 heterocycles. The van der Waals surface area contributed by atoms with Crippen LogP contribution in [0.2, 0.25) is 0 Å². The van der Waals surface area contributed by atoms with Crippen molar-refractivity contribution in [1.29, 1.82) is 0 Å². The highest BCUT2D eigenvalue weighted by molar-refractivity contribution is 5.94. The van der Waals surface area contributed by atoms with E-state index < -0.39 is 0 Å². The van der Waals surface area contributed by atoms with Gasteiger partial charge in [0.05, 0.1) is 0 Å². The summed E-state index contributed by atoms with van der Waals surface area (Å²) in [6.07, 6.45) is 5.73. The normalized spacial score (nSPS) is 10.7. The van der Waals surface area contributed by atoms with Crippen molar-refractivity contribution in [2.45, 2.75) is 88.0 Å². The summed E-state index contributed by atoms with van der Waals surface area (Å²) >= 11 is 0. The molecule has 198 valence electrons. The van der Waals surface area contributed by atoms with Crippen molar-refractivity contribution < 1.29 is 4.79 Å². The second-order valence-corrected chi connectivity index (χ2v) is 8.49. The summed E-state index contributed by atoms with van der Waals surface area (Å²) < 4.78 is 0. The Bertz CT molecular complexity index is 1040. The number of carbonyl (C=O) groups is 1. The Balaban J connectivity index is 0.000000639. The van der Waals surface area contributed by atoms with Crippen LogP contribution in [0.3, 0.4) is 0 Å². The molecule has 0 radical (unpaired) electrons. The fraction of sp³-hybridized carbons (Fsp3) is 0.485. The van der Waals surface area contributed by atoms with E-state index >= 15 is 0 Å². The van der Waals surface area contributed by atoms with Crippen LogP contribution in [-0.4, -0.2) is 35.3 Å². The Morgan fingerprint density at radius 3 is 1.89 bits per heavy atom. The number of fused-ring (bicyclic) bond motifs is 1. The molecule has 4 rings (SSSR count). The van der Waals surface area contributed by atoms with Gasteiger partial charge in [-0.15, -0.1) is 11.8 Å². The number of aryl methyl sites for hydroxylation is 1. The number of ketones is 1. The van der Waals surface area contributed by atoms with E-state index in [1.54, 1.807) is 6.92 Å². The summed E-state index contributed by atoms with van der Waals surface area (Å²) in [5.74, 6) is 5.83. The molecule has 3 aromatic rings. The molecule has 3 heteroatoms. The van der Waals surface area contributed by atoms with Gasteiger partial charge in [0, 0.05) is 35.0 Å². The Kier molecular flexibility index (Phi) is 17.8. The lowest BCUT2D eigenvalue weighted by Crippen LogP contribution is -2.24. The third-order valence-corrected chi connectivity index (χ3v) is 5.80. The lowest BCUT2D eigenvalue weighted by molar-refractivity contribution is 0.101. The van der Waals surface area contributed by atoms with Gasteiger partial charge in [-0.3, -0.25) is 4.79 Å². The number of benzene rings is 2. The van der Waals surface area contributed by atoms with Crippen molar-refractivity contribution in [1.82, 2.24) is 9.88 Å². The molecule has 36 heavy (non-hydrogen) atoms. The standard InChI is InChI=1S/C18H17NO.C8H19N.C4H4.C2H6.CH4/c1-12-17(16-5-3-4-6-18(16)19-12)11-14-7-9-15(10-8-14)13(2)20;1-4-7-9(6-3)8-5-2;1-2-4-3-1;1-2;/h3-10,19H,11H2,1-2H3;4-8H2,1-3H3;1-2H2;1-2H3;1H4. The molecule has 0 fully saturated rings. The molecule has 2 aromatic carbocycles. The zero-order valence-corrected chi connectivity index (χ0v) is 23.1. The molecular formula is C33H50N2O. The molecule has 0 amide bonds. The van der Waals surface area contributed by atoms with Gasteiger partial charge in [0.1, 0.15) is 0 Å². The molecule has 3 nitrogen and oxygen atoms in total. The van der Waals surface area contributed by atoms with E-state index in [1.807, 2.05) is 44.2 Å². The predicted octanol–water partition coefficient (Wildman–Crippen LogP) is 8.84. The Hall–Kier alpha value is -2.83. The van der Waals surface area contributed by atoms with Crippen molar-refractivity contribution in [2.75, 3.05) is 19.6 Å². The second kappa shape index (κ2) is 19.4. The summed E-state index contributed by atoms with van der Waals surface area (Å²) in [7, 11) is 0. The minimum Gasteiger partial charge on any atom is -0.358 e. The number of H-pyrrole nitrogens is 1. The van der Waals surface area contributed by atoms with Gasteiger partial charge in [0.2, 0.25) is 0 Å². The van der Waals surface area contributed by atoms with Crippen LogP contribution in [0.15, 0.2) is 48.5 Å². The monoisotopic (exact) mass is 490 g/mol. The third kappa shape index (κ3) is 11.3. The molecule has 0 atom stereocenters. The summed E-state index contributed by atoms with van der Waals surface area (Å²) in [6, 6.07) is 16.3. The van der Waals surface area contributed by atoms with Crippen LogP contribution in [0.4, 0.5) is 0 Å². The first kappa shape index (κ1) is 33.2. The number of carbonyl (C=O) groups excluding carboxylic acids is 1. The zero-order valence-electron chi connectivity index (χ0n) is 23.1. The minimum atomic E-state index is 0. The fourth-order valence-electron chi connectivity index (χ4n) is 3.81. The first-order valence-electron chi connectivity index (χ1n) is 13.3. The highest BCUT2D eigenvalue weighted by Crippen LogP contribution is 2.24. The largest absolute Gasteiger partial charge is 0.358 e. The predicted molar refractivity (Wildman–Crippen MR) is 160 cm³/mol. The van der Waals surface area contributed by atoms with Gasteiger partial charge in [-0.2, -0.15) is 0 Å². The number of aromatic nitrogens is 1. The summed E-state index contributed by atoms with van der Waals surface area (Å²) in [5, 5.41) is 1.28. The number of para-hydroxylation sites is 1. The highest BCUT2D eigenvalue weighted by Gasteiger charge is 2.09. The van der Waals surface area contributed by atoms with Gasteiger partial charge in [0.15, 0.2) is 5.78 Å². The molecule has 1 aromatic heterocycles. The van der Waals surface area contributed by atoms with E-state index in [4.69, 9.17) is 0 Å². The van der Waals surface area contributed by atoms with E-state index in [0.717, 1.165) is 24.8 Å². The SMILES string of the molecule is C.C1#CCC1.CC.CC(=O)c1ccc(Cc2c(C)[nH]c3ccccc23)cc1.CCCN(CC)CCC. The average Bonchev–Trinajstić information content (AvgIpc) is 3.15. The quantitative estimate of drug-likeness (QED) is 0.253. The number of nitrogens with one attached hydrogen (secondary N) is 1. The van der Waals surface area contributed by atoms with E-state index in [-0.39, 0.29) is 13.2 Å². The molecule has 0 unspecified atom stereocenters. The van der Waals surface area contributed by atoms with Crippen LogP contribution in [0.25, 0.3) is 10.9 Å². The molecule has 0 aliphatic heterocycles. The van der Waals surface area contributed by atoms with Gasteiger partial charge in [-0.05, 0) is 69.9 Å². The maximum absolute atomic E-state index is 11.3. The molecule has 1 N–H and O–H groups in total.